The van der Waals surface area contributed by atoms with Gasteiger partial charge in [0.1, 0.15) is 11.3 Å². The first kappa shape index (κ1) is 16.1. The lowest BCUT2D eigenvalue weighted by molar-refractivity contribution is 0.227. The van der Waals surface area contributed by atoms with Crippen molar-refractivity contribution in [2.75, 3.05) is 13.2 Å². The Bertz CT molecular complexity index is 561. The maximum atomic E-state index is 9.03. The van der Waals surface area contributed by atoms with E-state index in [9.17, 15) is 0 Å². The lowest BCUT2D eigenvalue weighted by atomic mass is 10.0. The first-order chi connectivity index (χ1) is 10.2. The predicted molar refractivity (Wildman–Crippen MR) is 87.5 cm³/mol. The fourth-order valence-corrected chi connectivity index (χ4v) is 2.79. The van der Waals surface area contributed by atoms with Gasteiger partial charge in [0, 0.05) is 17.6 Å². The molecule has 21 heavy (non-hydrogen) atoms. The highest BCUT2D eigenvalue weighted by molar-refractivity contribution is 5.82. The zero-order valence-corrected chi connectivity index (χ0v) is 13.4. The summed E-state index contributed by atoms with van der Waals surface area (Å²) in [6, 6.07) is 8.47. The summed E-state index contributed by atoms with van der Waals surface area (Å²) in [5.74, 6) is 1.45. The molecule has 1 heterocycles. The van der Waals surface area contributed by atoms with Crippen LogP contribution in [0.25, 0.3) is 11.0 Å². The first-order valence-corrected chi connectivity index (χ1v) is 8.01. The van der Waals surface area contributed by atoms with Gasteiger partial charge in [-0.15, -0.1) is 0 Å². The Labute approximate surface area is 127 Å². The third kappa shape index (κ3) is 3.86. The van der Waals surface area contributed by atoms with Crippen LogP contribution in [-0.2, 0) is 6.42 Å². The van der Waals surface area contributed by atoms with Gasteiger partial charge in [-0.3, -0.25) is 0 Å². The van der Waals surface area contributed by atoms with Crippen LogP contribution in [0.3, 0.4) is 0 Å². The molecule has 0 aliphatic rings. The minimum Gasteiger partial charge on any atom is -0.459 e. The zero-order chi connectivity index (χ0) is 15.2. The highest BCUT2D eigenvalue weighted by atomic mass is 16.3. The van der Waals surface area contributed by atoms with E-state index in [4.69, 9.17) is 9.52 Å². The van der Waals surface area contributed by atoms with Crippen molar-refractivity contribution >= 4 is 11.0 Å². The molecule has 0 amide bonds. The smallest absolute Gasteiger partial charge is 0.134 e. The fourth-order valence-electron chi connectivity index (χ4n) is 2.79. The van der Waals surface area contributed by atoms with E-state index in [1.165, 1.54) is 10.9 Å². The van der Waals surface area contributed by atoms with E-state index in [-0.39, 0.29) is 12.6 Å². The summed E-state index contributed by atoms with van der Waals surface area (Å²) in [5.41, 5.74) is 2.29. The second-order valence-electron chi connectivity index (χ2n) is 5.90. The van der Waals surface area contributed by atoms with Crippen LogP contribution < -0.4 is 5.32 Å². The maximum Gasteiger partial charge on any atom is 0.134 e. The number of rotatable bonds is 8. The minimum absolute atomic E-state index is 0.219. The summed E-state index contributed by atoms with van der Waals surface area (Å²) in [6.07, 6.45) is 3.12. The summed E-state index contributed by atoms with van der Waals surface area (Å²) in [6.45, 7) is 7.64. The number of hydrogen-bond donors (Lipinski definition) is 2. The molecule has 0 saturated heterocycles. The fraction of sp³-hybridized carbons (Fsp3) is 0.556. The van der Waals surface area contributed by atoms with Gasteiger partial charge in [-0.05, 0) is 44.7 Å². The van der Waals surface area contributed by atoms with Crippen LogP contribution in [0.2, 0.25) is 0 Å². The monoisotopic (exact) mass is 289 g/mol. The summed E-state index contributed by atoms with van der Waals surface area (Å²) in [4.78, 5) is 0. The van der Waals surface area contributed by atoms with Gasteiger partial charge in [0.2, 0.25) is 0 Å². The van der Waals surface area contributed by atoms with Crippen LogP contribution in [0.15, 0.2) is 28.7 Å². The van der Waals surface area contributed by atoms with Crippen molar-refractivity contribution in [3.05, 3.63) is 35.6 Å². The van der Waals surface area contributed by atoms with Crippen molar-refractivity contribution < 1.29 is 9.52 Å². The van der Waals surface area contributed by atoms with Gasteiger partial charge >= 0.3 is 0 Å². The molecule has 3 heteroatoms. The van der Waals surface area contributed by atoms with Crippen LogP contribution in [0.1, 0.15) is 51.0 Å². The number of nitrogens with one attached hydrogen (secondary N) is 1. The molecule has 0 aliphatic heterocycles. The average molecular weight is 289 g/mol. The third-order valence-electron chi connectivity index (χ3n) is 4.11. The Morgan fingerprint density at radius 1 is 1.24 bits per heavy atom. The van der Waals surface area contributed by atoms with Crippen molar-refractivity contribution in [3.8, 4) is 0 Å². The Kier molecular flexibility index (Phi) is 5.83. The Morgan fingerprint density at radius 3 is 2.71 bits per heavy atom. The number of aryl methyl sites for hydroxylation is 1. The summed E-state index contributed by atoms with van der Waals surface area (Å²) >= 11 is 0. The maximum absolute atomic E-state index is 9.03. The van der Waals surface area contributed by atoms with Crippen LogP contribution in [0.5, 0.6) is 0 Å². The van der Waals surface area contributed by atoms with Crippen LogP contribution in [0, 0.1) is 5.92 Å². The SMILES string of the molecule is CCc1c(C(C)NCCCC(C)CO)oc2ccccc12. The van der Waals surface area contributed by atoms with Crippen LogP contribution >= 0.6 is 0 Å². The highest BCUT2D eigenvalue weighted by Gasteiger charge is 2.17. The second kappa shape index (κ2) is 7.62. The molecule has 2 atom stereocenters. The molecule has 3 nitrogen and oxygen atoms in total. The van der Waals surface area contributed by atoms with Gasteiger partial charge < -0.3 is 14.8 Å². The molecule has 2 unspecified atom stereocenters. The number of para-hydroxylation sites is 1. The molecule has 0 fully saturated rings. The van der Waals surface area contributed by atoms with E-state index in [1.807, 2.05) is 12.1 Å². The standard InChI is InChI=1S/C18H27NO2/c1-4-15-16-9-5-6-10-17(16)21-18(15)14(3)19-11-7-8-13(2)12-20/h5-6,9-10,13-14,19-20H,4,7-8,11-12H2,1-3H3. The van der Waals surface area contributed by atoms with Crippen LogP contribution in [-0.4, -0.2) is 18.3 Å². The lowest BCUT2D eigenvalue weighted by Gasteiger charge is -2.14. The van der Waals surface area contributed by atoms with E-state index in [1.54, 1.807) is 0 Å². The number of furan rings is 1. The van der Waals surface area contributed by atoms with E-state index in [0.717, 1.165) is 37.2 Å². The van der Waals surface area contributed by atoms with Gasteiger partial charge in [-0.1, -0.05) is 32.0 Å². The molecule has 2 rings (SSSR count). The third-order valence-corrected chi connectivity index (χ3v) is 4.11. The number of fused-ring (bicyclic) bond motifs is 1. The van der Waals surface area contributed by atoms with Crippen molar-refractivity contribution in [1.82, 2.24) is 5.32 Å². The van der Waals surface area contributed by atoms with Gasteiger partial charge in [-0.25, -0.2) is 0 Å². The molecule has 1 aromatic heterocycles. The minimum atomic E-state index is 0.219. The van der Waals surface area contributed by atoms with Crippen molar-refractivity contribution in [3.63, 3.8) is 0 Å². The van der Waals surface area contributed by atoms with E-state index in [0.29, 0.717) is 5.92 Å². The Hall–Kier alpha value is -1.32. The normalized spacial score (nSPS) is 14.5. The van der Waals surface area contributed by atoms with Crippen LogP contribution in [0.4, 0.5) is 0 Å². The second-order valence-corrected chi connectivity index (χ2v) is 5.90. The van der Waals surface area contributed by atoms with Gasteiger partial charge in [-0.2, -0.15) is 0 Å². The van der Waals surface area contributed by atoms with Crippen molar-refractivity contribution in [2.24, 2.45) is 5.92 Å². The molecule has 0 saturated carbocycles. The number of benzene rings is 1. The number of aliphatic hydroxyl groups excluding tert-OH is 1. The number of aliphatic hydroxyl groups is 1. The largest absolute Gasteiger partial charge is 0.459 e. The molecule has 2 aromatic rings. The average Bonchev–Trinajstić information content (AvgIpc) is 2.89. The van der Waals surface area contributed by atoms with Crippen molar-refractivity contribution in [1.29, 1.82) is 0 Å². The number of hydrogen-bond acceptors (Lipinski definition) is 3. The molecule has 0 radical (unpaired) electrons. The molecule has 0 spiro atoms. The molecule has 0 aliphatic carbocycles. The Morgan fingerprint density at radius 2 is 2.00 bits per heavy atom. The molecule has 116 valence electrons. The van der Waals surface area contributed by atoms with E-state index < -0.39 is 0 Å². The van der Waals surface area contributed by atoms with E-state index in [2.05, 4.69) is 38.2 Å². The summed E-state index contributed by atoms with van der Waals surface area (Å²) in [5, 5.41) is 13.8. The molecule has 0 bridgehead atoms. The zero-order valence-electron chi connectivity index (χ0n) is 13.4. The van der Waals surface area contributed by atoms with Gasteiger partial charge in [0.25, 0.3) is 0 Å². The first-order valence-electron chi connectivity index (χ1n) is 8.01. The van der Waals surface area contributed by atoms with Gasteiger partial charge in [0.05, 0.1) is 6.04 Å². The van der Waals surface area contributed by atoms with Crippen molar-refractivity contribution in [2.45, 2.75) is 46.1 Å². The van der Waals surface area contributed by atoms with Gasteiger partial charge in [0.15, 0.2) is 0 Å². The lowest BCUT2D eigenvalue weighted by Crippen LogP contribution is -2.21. The Balaban J connectivity index is 2.00. The summed E-state index contributed by atoms with van der Waals surface area (Å²) < 4.78 is 6.05. The van der Waals surface area contributed by atoms with E-state index >= 15 is 0 Å². The highest BCUT2D eigenvalue weighted by Crippen LogP contribution is 2.30. The molecular formula is C18H27NO2. The predicted octanol–water partition coefficient (Wildman–Crippen LogP) is 4.05. The molecular weight excluding hydrogens is 262 g/mol. The molecule has 1 aromatic carbocycles. The topological polar surface area (TPSA) is 45.4 Å². The summed E-state index contributed by atoms with van der Waals surface area (Å²) in [7, 11) is 0. The quantitative estimate of drug-likeness (QED) is 0.720. The molecule has 2 N–H and O–H groups in total.